The van der Waals surface area contributed by atoms with Gasteiger partial charge in [-0.05, 0) is 101 Å². The Kier molecular flexibility index (Phi) is 7.15. The molecule has 43 heavy (non-hydrogen) atoms. The zero-order chi connectivity index (χ0) is 30.5. The summed E-state index contributed by atoms with van der Waals surface area (Å²) in [6.45, 7) is 10.5. The van der Waals surface area contributed by atoms with Crippen molar-refractivity contribution >= 4 is 22.9 Å². The number of nitrogens with zero attached hydrogens (tertiary/aromatic N) is 4. The summed E-state index contributed by atoms with van der Waals surface area (Å²) in [7, 11) is 1.90. The lowest BCUT2D eigenvalue weighted by molar-refractivity contribution is -0.0141. The van der Waals surface area contributed by atoms with Crippen molar-refractivity contribution in [2.45, 2.75) is 71.1 Å². The number of aromatic nitrogens is 3. The molecule has 2 aliphatic rings. The Labute approximate surface area is 252 Å². The molecule has 0 bridgehead atoms. The van der Waals surface area contributed by atoms with E-state index in [9.17, 15) is 9.59 Å². The first-order valence-corrected chi connectivity index (χ1v) is 14.9. The van der Waals surface area contributed by atoms with Gasteiger partial charge in [-0.3, -0.25) is 14.5 Å². The molecule has 0 radical (unpaired) electrons. The van der Waals surface area contributed by atoms with Crippen LogP contribution >= 0.6 is 0 Å². The Morgan fingerprint density at radius 1 is 1.07 bits per heavy atom. The maximum Gasteiger partial charge on any atom is 0.410 e. The van der Waals surface area contributed by atoms with Gasteiger partial charge in [0.25, 0.3) is 5.91 Å². The molecule has 1 N–H and O–H groups in total. The lowest BCUT2D eigenvalue weighted by atomic mass is 9.94. The molecule has 1 aliphatic heterocycles. The monoisotopic (exact) mass is 581 g/mol. The van der Waals surface area contributed by atoms with Gasteiger partial charge in [-0.25, -0.2) is 4.79 Å². The summed E-state index contributed by atoms with van der Waals surface area (Å²) in [5.74, 6) is 0.454. The first-order valence-electron chi connectivity index (χ1n) is 14.9. The van der Waals surface area contributed by atoms with Crippen molar-refractivity contribution in [3.8, 4) is 17.0 Å². The first kappa shape index (κ1) is 28.7. The molecule has 1 atom stereocenters. The van der Waals surface area contributed by atoms with Crippen LogP contribution in [0.2, 0.25) is 0 Å². The lowest BCUT2D eigenvalue weighted by Gasteiger charge is -2.41. The van der Waals surface area contributed by atoms with Crippen LogP contribution in [0.5, 0.6) is 5.75 Å². The Hall–Kier alpha value is -4.40. The van der Waals surface area contributed by atoms with Crippen molar-refractivity contribution in [2.75, 3.05) is 13.2 Å². The number of aryl methyl sites for hydroxylation is 3. The van der Waals surface area contributed by atoms with Crippen molar-refractivity contribution in [1.29, 1.82) is 0 Å². The molecule has 0 spiro atoms. The van der Waals surface area contributed by atoms with E-state index in [1.165, 1.54) is 0 Å². The lowest BCUT2D eigenvalue weighted by Crippen LogP contribution is -2.55. The molecule has 9 heteroatoms. The number of carbonyl (C=O) groups is 2. The number of hydrogen-bond donors (Lipinski definition) is 1. The second-order valence-corrected chi connectivity index (χ2v) is 12.9. The van der Waals surface area contributed by atoms with E-state index in [1.807, 2.05) is 72.1 Å². The second-order valence-electron chi connectivity index (χ2n) is 12.9. The highest BCUT2D eigenvalue weighted by Gasteiger charge is 2.47. The number of ether oxygens (including phenoxy) is 2. The van der Waals surface area contributed by atoms with Gasteiger partial charge >= 0.3 is 6.09 Å². The number of fused-ring (bicyclic) bond motifs is 1. The fourth-order valence-electron chi connectivity index (χ4n) is 5.62. The molecule has 1 saturated carbocycles. The summed E-state index contributed by atoms with van der Waals surface area (Å²) in [6.07, 6.45) is 4.13. The maximum atomic E-state index is 13.8. The first-order chi connectivity index (χ1) is 20.4. The third-order valence-electron chi connectivity index (χ3n) is 8.24. The summed E-state index contributed by atoms with van der Waals surface area (Å²) in [4.78, 5) is 32.8. The minimum Gasteiger partial charge on any atom is -0.491 e. The smallest absolute Gasteiger partial charge is 0.410 e. The minimum atomic E-state index is -0.544. The van der Waals surface area contributed by atoms with E-state index in [0.29, 0.717) is 24.5 Å². The van der Waals surface area contributed by atoms with E-state index in [0.717, 1.165) is 58.2 Å². The number of likely N-dealkylation sites (tertiary alicyclic amines) is 1. The average molecular weight is 582 g/mol. The molecular weight excluding hydrogens is 542 g/mol. The van der Waals surface area contributed by atoms with E-state index in [4.69, 9.17) is 14.5 Å². The normalized spacial score (nSPS) is 17.3. The van der Waals surface area contributed by atoms with E-state index < -0.39 is 11.1 Å². The van der Waals surface area contributed by atoms with Crippen molar-refractivity contribution in [3.05, 3.63) is 77.1 Å². The van der Waals surface area contributed by atoms with Crippen LogP contribution < -0.4 is 10.1 Å². The number of nitrogens with one attached hydrogen (secondary N) is 1. The second kappa shape index (κ2) is 10.7. The van der Waals surface area contributed by atoms with Gasteiger partial charge < -0.3 is 19.7 Å². The molecule has 0 unspecified atom stereocenters. The van der Waals surface area contributed by atoms with E-state index >= 15 is 0 Å². The molecule has 1 aliphatic carbocycles. The van der Waals surface area contributed by atoms with Gasteiger partial charge in [0, 0.05) is 42.0 Å². The zero-order valence-corrected chi connectivity index (χ0v) is 25.7. The van der Waals surface area contributed by atoms with Gasteiger partial charge in [-0.15, -0.1) is 0 Å². The Morgan fingerprint density at radius 2 is 1.86 bits per heavy atom. The molecule has 9 nitrogen and oxygen atoms in total. The fraction of sp³-hybridized carbons (Fsp3) is 0.412. The van der Waals surface area contributed by atoms with Gasteiger partial charge in [0.05, 0.1) is 22.8 Å². The number of benzene rings is 2. The molecular formula is C34H39N5O4. The number of pyridine rings is 1. The van der Waals surface area contributed by atoms with Crippen LogP contribution in [-0.4, -0.2) is 56.5 Å². The summed E-state index contributed by atoms with van der Waals surface area (Å²) in [5, 5.41) is 9.02. The van der Waals surface area contributed by atoms with Crippen LogP contribution in [0.15, 0.2) is 54.7 Å². The predicted octanol–water partition coefficient (Wildman–Crippen LogP) is 6.06. The third-order valence-corrected chi connectivity index (χ3v) is 8.24. The van der Waals surface area contributed by atoms with Gasteiger partial charge in [0.1, 0.15) is 18.0 Å². The van der Waals surface area contributed by atoms with Crippen molar-refractivity contribution in [3.63, 3.8) is 0 Å². The number of rotatable bonds is 7. The molecule has 1 saturated heterocycles. The van der Waals surface area contributed by atoms with Crippen molar-refractivity contribution < 1.29 is 19.1 Å². The van der Waals surface area contributed by atoms with Crippen LogP contribution in [0.25, 0.3) is 22.2 Å². The highest BCUT2D eigenvalue weighted by atomic mass is 16.6. The highest BCUT2D eigenvalue weighted by Crippen LogP contribution is 2.49. The predicted molar refractivity (Wildman–Crippen MR) is 165 cm³/mol. The van der Waals surface area contributed by atoms with E-state index in [2.05, 4.69) is 28.6 Å². The number of hydrogen-bond acceptors (Lipinski definition) is 6. The Bertz CT molecular complexity index is 1720. The Morgan fingerprint density at radius 3 is 2.51 bits per heavy atom. The highest BCUT2D eigenvalue weighted by molar-refractivity contribution is 5.98. The number of amides is 2. The van der Waals surface area contributed by atoms with Gasteiger partial charge in [0.15, 0.2) is 0 Å². The molecule has 4 aromatic rings. The zero-order valence-electron chi connectivity index (χ0n) is 25.7. The topological polar surface area (TPSA) is 98.6 Å². The molecule has 2 fully saturated rings. The van der Waals surface area contributed by atoms with Gasteiger partial charge in [-0.1, -0.05) is 12.1 Å². The largest absolute Gasteiger partial charge is 0.491 e. The van der Waals surface area contributed by atoms with Crippen LogP contribution in [0.1, 0.15) is 67.2 Å². The quantitative estimate of drug-likeness (QED) is 0.285. The SMILES string of the molecule is Cc1ccc2c(C3(NC(=O)c4cc(OC[C@@H]5CCN5C(=O)OC(C)(C)C)ccc4C)CC3)cc(-c3ccn(C)n3)cc2n1. The summed E-state index contributed by atoms with van der Waals surface area (Å²) in [5.41, 5.74) is 5.14. The van der Waals surface area contributed by atoms with Gasteiger partial charge in [-0.2, -0.15) is 5.10 Å². The van der Waals surface area contributed by atoms with Crippen LogP contribution in [0.3, 0.4) is 0 Å². The average Bonchev–Trinajstić information content (AvgIpc) is 3.56. The van der Waals surface area contributed by atoms with Crippen molar-refractivity contribution in [2.24, 2.45) is 7.05 Å². The molecule has 2 aromatic carbocycles. The van der Waals surface area contributed by atoms with Crippen LogP contribution in [0, 0.1) is 13.8 Å². The Balaban J connectivity index is 1.21. The van der Waals surface area contributed by atoms with E-state index in [1.54, 1.807) is 15.6 Å². The number of carbonyl (C=O) groups excluding carboxylic acids is 2. The molecule has 2 aromatic heterocycles. The summed E-state index contributed by atoms with van der Waals surface area (Å²) >= 11 is 0. The van der Waals surface area contributed by atoms with E-state index in [-0.39, 0.29) is 18.0 Å². The molecule has 224 valence electrons. The van der Waals surface area contributed by atoms with Gasteiger partial charge in [0.2, 0.25) is 0 Å². The molecule has 2 amide bonds. The summed E-state index contributed by atoms with van der Waals surface area (Å²) in [6, 6.07) is 15.8. The molecule has 3 heterocycles. The van der Waals surface area contributed by atoms with Crippen molar-refractivity contribution in [1.82, 2.24) is 25.0 Å². The van der Waals surface area contributed by atoms with Crippen LogP contribution in [-0.2, 0) is 17.3 Å². The maximum absolute atomic E-state index is 13.8. The fourth-order valence-corrected chi connectivity index (χ4v) is 5.62. The van der Waals surface area contributed by atoms with Crippen LogP contribution in [0.4, 0.5) is 4.79 Å². The minimum absolute atomic E-state index is 0.0555. The third kappa shape index (κ3) is 5.94. The molecule has 6 rings (SSSR count). The standard InChI is InChI=1S/C34H39N5O4/c1-21-7-9-25(42-20-24-11-16-39(24)32(41)43-33(3,4)5)19-27(21)31(40)36-34(13-14-34)28-17-23(29-12-15-38(6)37-29)18-30-26(28)10-8-22(2)35-30/h7-10,12,15,17-19,24H,11,13-14,16,20H2,1-6H3,(H,36,40)/t24-/m0/s1. The summed E-state index contributed by atoms with van der Waals surface area (Å²) < 4.78 is 13.4.